The predicted molar refractivity (Wildman–Crippen MR) is 70.6 cm³/mol. The lowest BCUT2D eigenvalue weighted by Gasteiger charge is -1.97. The van der Waals surface area contributed by atoms with Crippen LogP contribution in [-0.4, -0.2) is 16.7 Å². The molecule has 96 valence electrons. The number of hydrogen-bond donors (Lipinski definition) is 1. The Kier molecular flexibility index (Phi) is 3.27. The van der Waals surface area contributed by atoms with Crippen molar-refractivity contribution >= 4 is 5.95 Å². The molecule has 0 aliphatic rings. The predicted octanol–water partition coefficient (Wildman–Crippen LogP) is 2.98. The molecule has 0 spiro atoms. The first kappa shape index (κ1) is 11.5. The van der Waals surface area contributed by atoms with E-state index in [-0.39, 0.29) is 0 Å². The first-order valence-electron chi connectivity index (χ1n) is 6.07. The zero-order valence-electron chi connectivity index (χ0n) is 10.2. The molecular formula is C14H13N3O2. The fourth-order valence-corrected chi connectivity index (χ4v) is 1.75. The molecule has 3 rings (SSSR count). The van der Waals surface area contributed by atoms with Gasteiger partial charge in [0, 0.05) is 18.5 Å². The van der Waals surface area contributed by atoms with Crippen molar-refractivity contribution in [1.29, 1.82) is 0 Å². The van der Waals surface area contributed by atoms with Crippen molar-refractivity contribution in [1.82, 2.24) is 10.1 Å². The molecule has 0 saturated carbocycles. The van der Waals surface area contributed by atoms with Crippen LogP contribution in [0.2, 0.25) is 0 Å². The molecule has 0 fully saturated rings. The van der Waals surface area contributed by atoms with E-state index in [1.807, 2.05) is 42.5 Å². The highest BCUT2D eigenvalue weighted by Crippen LogP contribution is 2.17. The number of anilines is 1. The number of nitrogens with one attached hydrogen (secondary N) is 1. The van der Waals surface area contributed by atoms with E-state index < -0.39 is 0 Å². The van der Waals surface area contributed by atoms with Gasteiger partial charge in [0.1, 0.15) is 5.76 Å². The summed E-state index contributed by atoms with van der Waals surface area (Å²) in [5, 5.41) is 6.98. The second-order valence-electron chi connectivity index (χ2n) is 4.05. The van der Waals surface area contributed by atoms with Crippen LogP contribution in [0, 0.1) is 0 Å². The van der Waals surface area contributed by atoms with Crippen LogP contribution in [0.15, 0.2) is 57.7 Å². The minimum atomic E-state index is 0.491. The monoisotopic (exact) mass is 255 g/mol. The van der Waals surface area contributed by atoms with E-state index in [2.05, 4.69) is 15.5 Å². The SMILES string of the molecule is c1ccc(-c2nc(NCCc3ccco3)no2)cc1. The highest BCUT2D eigenvalue weighted by molar-refractivity contribution is 5.53. The third kappa shape index (κ3) is 2.82. The number of benzene rings is 1. The summed E-state index contributed by atoms with van der Waals surface area (Å²) >= 11 is 0. The standard InChI is InChI=1S/C14H13N3O2/c1-2-5-11(6-3-1)13-16-14(17-19-13)15-9-8-12-7-4-10-18-12/h1-7,10H,8-9H2,(H,15,17). The molecule has 19 heavy (non-hydrogen) atoms. The summed E-state index contributed by atoms with van der Waals surface area (Å²) in [4.78, 5) is 4.28. The molecule has 3 aromatic rings. The lowest BCUT2D eigenvalue weighted by atomic mass is 10.2. The Morgan fingerprint density at radius 1 is 1.05 bits per heavy atom. The maximum absolute atomic E-state index is 5.24. The topological polar surface area (TPSA) is 64.1 Å². The third-order valence-corrected chi connectivity index (χ3v) is 2.68. The highest BCUT2D eigenvalue weighted by Gasteiger charge is 2.07. The molecule has 1 N–H and O–H groups in total. The van der Waals surface area contributed by atoms with Gasteiger partial charge in [-0.3, -0.25) is 0 Å². The molecule has 0 aliphatic heterocycles. The molecule has 0 unspecified atom stereocenters. The second-order valence-corrected chi connectivity index (χ2v) is 4.05. The first-order chi connectivity index (χ1) is 9.42. The van der Waals surface area contributed by atoms with E-state index in [9.17, 15) is 0 Å². The molecule has 5 heteroatoms. The van der Waals surface area contributed by atoms with Crippen molar-refractivity contribution in [3.05, 3.63) is 54.5 Å². The minimum absolute atomic E-state index is 0.491. The molecule has 2 heterocycles. The fraction of sp³-hybridized carbons (Fsp3) is 0.143. The van der Waals surface area contributed by atoms with Crippen molar-refractivity contribution in [2.75, 3.05) is 11.9 Å². The van der Waals surface area contributed by atoms with E-state index in [0.717, 1.165) is 17.7 Å². The van der Waals surface area contributed by atoms with Crippen LogP contribution in [0.3, 0.4) is 0 Å². The van der Waals surface area contributed by atoms with Gasteiger partial charge in [-0.15, -0.1) is 0 Å². The van der Waals surface area contributed by atoms with Crippen LogP contribution in [-0.2, 0) is 6.42 Å². The maximum atomic E-state index is 5.24. The van der Waals surface area contributed by atoms with Crippen molar-refractivity contribution in [3.63, 3.8) is 0 Å². The van der Waals surface area contributed by atoms with Gasteiger partial charge in [0.25, 0.3) is 11.8 Å². The molecule has 2 aromatic heterocycles. The summed E-state index contributed by atoms with van der Waals surface area (Å²) in [6.45, 7) is 0.696. The fourth-order valence-electron chi connectivity index (χ4n) is 1.75. The number of hydrogen-bond acceptors (Lipinski definition) is 5. The average Bonchev–Trinajstić information content (AvgIpc) is 3.11. The summed E-state index contributed by atoms with van der Waals surface area (Å²) in [5.41, 5.74) is 0.911. The summed E-state index contributed by atoms with van der Waals surface area (Å²) in [5.74, 6) is 1.94. The largest absolute Gasteiger partial charge is 0.469 e. The smallest absolute Gasteiger partial charge is 0.263 e. The van der Waals surface area contributed by atoms with Crippen LogP contribution in [0.25, 0.3) is 11.5 Å². The van der Waals surface area contributed by atoms with Gasteiger partial charge in [-0.25, -0.2) is 0 Å². The Morgan fingerprint density at radius 3 is 2.74 bits per heavy atom. The zero-order valence-corrected chi connectivity index (χ0v) is 10.2. The summed E-state index contributed by atoms with van der Waals surface area (Å²) in [6.07, 6.45) is 2.44. The summed E-state index contributed by atoms with van der Waals surface area (Å²) < 4.78 is 10.4. The Balaban J connectivity index is 1.59. The van der Waals surface area contributed by atoms with Crippen LogP contribution < -0.4 is 5.32 Å². The van der Waals surface area contributed by atoms with E-state index >= 15 is 0 Å². The molecule has 0 atom stereocenters. The molecular weight excluding hydrogens is 242 g/mol. The van der Waals surface area contributed by atoms with E-state index in [4.69, 9.17) is 8.94 Å². The van der Waals surface area contributed by atoms with Gasteiger partial charge >= 0.3 is 0 Å². The van der Waals surface area contributed by atoms with Crippen LogP contribution in [0.4, 0.5) is 5.95 Å². The molecule has 0 amide bonds. The lowest BCUT2D eigenvalue weighted by molar-refractivity contribution is 0.432. The van der Waals surface area contributed by atoms with Gasteiger partial charge in [0.15, 0.2) is 0 Å². The van der Waals surface area contributed by atoms with Crippen LogP contribution in [0.5, 0.6) is 0 Å². The average molecular weight is 255 g/mol. The van der Waals surface area contributed by atoms with E-state index in [0.29, 0.717) is 18.4 Å². The van der Waals surface area contributed by atoms with Gasteiger partial charge in [-0.2, -0.15) is 4.98 Å². The van der Waals surface area contributed by atoms with Gasteiger partial charge in [-0.05, 0) is 29.4 Å². The molecule has 0 aliphatic carbocycles. The molecule has 0 saturated heterocycles. The van der Waals surface area contributed by atoms with Crippen molar-refractivity contribution < 1.29 is 8.94 Å². The normalized spacial score (nSPS) is 10.5. The van der Waals surface area contributed by atoms with Crippen LogP contribution >= 0.6 is 0 Å². The van der Waals surface area contributed by atoms with Crippen molar-refractivity contribution in [3.8, 4) is 11.5 Å². The molecule has 0 radical (unpaired) electrons. The quantitative estimate of drug-likeness (QED) is 0.759. The maximum Gasteiger partial charge on any atom is 0.263 e. The Hall–Kier alpha value is -2.56. The number of furan rings is 1. The zero-order chi connectivity index (χ0) is 12.9. The minimum Gasteiger partial charge on any atom is -0.469 e. The lowest BCUT2D eigenvalue weighted by Crippen LogP contribution is -2.05. The van der Waals surface area contributed by atoms with Crippen molar-refractivity contribution in [2.24, 2.45) is 0 Å². The number of rotatable bonds is 5. The third-order valence-electron chi connectivity index (χ3n) is 2.68. The summed E-state index contributed by atoms with van der Waals surface area (Å²) in [6, 6.07) is 13.5. The Bertz CT molecular complexity index is 617. The first-order valence-corrected chi connectivity index (χ1v) is 6.07. The Morgan fingerprint density at radius 2 is 1.95 bits per heavy atom. The summed E-state index contributed by atoms with van der Waals surface area (Å²) in [7, 11) is 0. The van der Waals surface area contributed by atoms with Crippen LogP contribution in [0.1, 0.15) is 5.76 Å². The second kappa shape index (κ2) is 5.39. The number of nitrogens with zero attached hydrogens (tertiary/aromatic N) is 2. The molecule has 0 bridgehead atoms. The van der Waals surface area contributed by atoms with Gasteiger partial charge in [0.05, 0.1) is 6.26 Å². The van der Waals surface area contributed by atoms with E-state index in [1.54, 1.807) is 6.26 Å². The van der Waals surface area contributed by atoms with Gasteiger partial charge in [-0.1, -0.05) is 18.2 Å². The Labute approximate surface area is 110 Å². The highest BCUT2D eigenvalue weighted by atomic mass is 16.5. The van der Waals surface area contributed by atoms with Crippen molar-refractivity contribution in [2.45, 2.75) is 6.42 Å². The molecule has 5 nitrogen and oxygen atoms in total. The number of aromatic nitrogens is 2. The van der Waals surface area contributed by atoms with Gasteiger partial charge in [0.2, 0.25) is 0 Å². The van der Waals surface area contributed by atoms with Gasteiger partial charge < -0.3 is 14.3 Å². The van der Waals surface area contributed by atoms with E-state index in [1.165, 1.54) is 0 Å². The molecule has 1 aromatic carbocycles.